The first kappa shape index (κ1) is 19.1. The average molecular weight is 384 g/mol. The van der Waals surface area contributed by atoms with Crippen LogP contribution in [-0.4, -0.2) is 23.3 Å². The summed E-state index contributed by atoms with van der Waals surface area (Å²) < 4.78 is 0. The Labute approximate surface area is 163 Å². The first-order valence-corrected chi connectivity index (χ1v) is 9.49. The molecule has 1 aromatic heterocycles. The molecule has 27 heavy (non-hydrogen) atoms. The molecule has 2 aromatic rings. The summed E-state index contributed by atoms with van der Waals surface area (Å²) in [7, 11) is 0. The predicted molar refractivity (Wildman–Crippen MR) is 107 cm³/mol. The number of nitrogens with zero attached hydrogens (tertiary/aromatic N) is 1. The minimum Gasteiger partial charge on any atom is -0.350 e. The first-order chi connectivity index (χ1) is 13.1. The minimum atomic E-state index is -0.318. The van der Waals surface area contributed by atoms with E-state index < -0.39 is 0 Å². The summed E-state index contributed by atoms with van der Waals surface area (Å²) in [6.45, 7) is 0.575. The standard InChI is InChI=1S/C21H22ClN3O2/c22-17-7-4-8-18(14-17)25-20(26)16-10-12-23-19(13-16)21(27)24-11-9-15-5-2-1-3-6-15/h4-5,7-8,10,12-14H,1-3,6,9,11H2,(H,24,27)(H,25,26). The maximum absolute atomic E-state index is 12.4. The maximum atomic E-state index is 12.4. The summed E-state index contributed by atoms with van der Waals surface area (Å²) in [6.07, 6.45) is 9.33. The summed E-state index contributed by atoms with van der Waals surface area (Å²) in [5.74, 6) is -0.593. The number of carbonyl (C=O) groups excluding carboxylic acids is 2. The Kier molecular flexibility index (Phi) is 6.60. The number of aromatic nitrogens is 1. The molecule has 6 heteroatoms. The van der Waals surface area contributed by atoms with Gasteiger partial charge in [-0.05, 0) is 62.4 Å². The van der Waals surface area contributed by atoms with Gasteiger partial charge in [-0.1, -0.05) is 29.3 Å². The van der Waals surface area contributed by atoms with Crippen molar-refractivity contribution in [1.29, 1.82) is 0 Å². The summed E-state index contributed by atoms with van der Waals surface area (Å²) in [4.78, 5) is 28.8. The molecule has 1 aromatic carbocycles. The number of benzene rings is 1. The van der Waals surface area contributed by atoms with Crippen molar-refractivity contribution in [2.45, 2.75) is 32.1 Å². The van der Waals surface area contributed by atoms with Gasteiger partial charge in [0.15, 0.2) is 0 Å². The van der Waals surface area contributed by atoms with Gasteiger partial charge < -0.3 is 10.6 Å². The van der Waals surface area contributed by atoms with Crippen LogP contribution < -0.4 is 10.6 Å². The Morgan fingerprint density at radius 1 is 1.11 bits per heavy atom. The average Bonchev–Trinajstić information content (AvgIpc) is 2.69. The summed E-state index contributed by atoms with van der Waals surface area (Å²) >= 11 is 5.93. The third-order valence-electron chi connectivity index (χ3n) is 4.45. The summed E-state index contributed by atoms with van der Waals surface area (Å²) in [5.41, 5.74) is 2.59. The lowest BCUT2D eigenvalue weighted by molar-refractivity contribution is 0.0949. The molecule has 140 valence electrons. The molecule has 1 heterocycles. The number of halogens is 1. The number of hydrogen-bond acceptors (Lipinski definition) is 3. The highest BCUT2D eigenvalue weighted by molar-refractivity contribution is 6.31. The monoisotopic (exact) mass is 383 g/mol. The largest absolute Gasteiger partial charge is 0.350 e. The number of nitrogens with one attached hydrogen (secondary N) is 2. The molecule has 0 radical (unpaired) electrons. The van der Waals surface area contributed by atoms with Crippen molar-refractivity contribution < 1.29 is 9.59 Å². The van der Waals surface area contributed by atoms with Crippen molar-refractivity contribution >= 4 is 29.1 Å². The van der Waals surface area contributed by atoms with Crippen molar-refractivity contribution in [3.05, 3.63) is 70.5 Å². The molecule has 0 saturated heterocycles. The van der Waals surface area contributed by atoms with Crippen molar-refractivity contribution in [1.82, 2.24) is 10.3 Å². The third kappa shape index (κ3) is 5.66. The molecule has 0 saturated carbocycles. The minimum absolute atomic E-state index is 0.228. The zero-order valence-electron chi connectivity index (χ0n) is 15.0. The highest BCUT2D eigenvalue weighted by Gasteiger charge is 2.12. The Morgan fingerprint density at radius 3 is 2.78 bits per heavy atom. The lowest BCUT2D eigenvalue weighted by Crippen LogP contribution is -2.26. The van der Waals surface area contributed by atoms with Crippen LogP contribution in [0, 0.1) is 0 Å². The fourth-order valence-electron chi connectivity index (χ4n) is 3.02. The molecule has 0 spiro atoms. The van der Waals surface area contributed by atoms with Crippen LogP contribution in [0.1, 0.15) is 53.0 Å². The van der Waals surface area contributed by atoms with Gasteiger partial charge in [-0.25, -0.2) is 0 Å². The van der Waals surface area contributed by atoms with E-state index in [1.165, 1.54) is 30.7 Å². The van der Waals surface area contributed by atoms with Crippen LogP contribution >= 0.6 is 11.6 Å². The number of rotatable bonds is 6. The number of hydrogen-bond donors (Lipinski definition) is 2. The van der Waals surface area contributed by atoms with Crippen LogP contribution in [0.5, 0.6) is 0 Å². The molecule has 0 bridgehead atoms. The van der Waals surface area contributed by atoms with E-state index in [-0.39, 0.29) is 17.5 Å². The van der Waals surface area contributed by atoms with E-state index in [2.05, 4.69) is 21.7 Å². The number of allylic oxidation sites excluding steroid dienone is 1. The number of amides is 2. The van der Waals surface area contributed by atoms with Crippen LogP contribution in [0.25, 0.3) is 0 Å². The Hall–Kier alpha value is -2.66. The van der Waals surface area contributed by atoms with E-state index in [1.54, 1.807) is 30.3 Å². The summed E-state index contributed by atoms with van der Waals surface area (Å²) in [6, 6.07) is 9.96. The molecule has 5 nitrogen and oxygen atoms in total. The molecule has 2 amide bonds. The molecular formula is C21H22ClN3O2. The van der Waals surface area contributed by atoms with E-state index in [0.717, 1.165) is 19.3 Å². The van der Waals surface area contributed by atoms with Crippen LogP contribution in [0.2, 0.25) is 5.02 Å². The van der Waals surface area contributed by atoms with Gasteiger partial charge in [-0.2, -0.15) is 0 Å². The maximum Gasteiger partial charge on any atom is 0.269 e. The van der Waals surface area contributed by atoms with Gasteiger partial charge >= 0.3 is 0 Å². The Balaban J connectivity index is 1.58. The predicted octanol–water partition coefficient (Wildman–Crippen LogP) is 4.61. The molecule has 0 atom stereocenters. The molecule has 1 aliphatic rings. The third-order valence-corrected chi connectivity index (χ3v) is 4.69. The van der Waals surface area contributed by atoms with E-state index in [4.69, 9.17) is 11.6 Å². The van der Waals surface area contributed by atoms with Gasteiger partial charge in [0.1, 0.15) is 5.69 Å². The zero-order valence-corrected chi connectivity index (χ0v) is 15.8. The summed E-state index contributed by atoms with van der Waals surface area (Å²) in [5, 5.41) is 6.18. The fourth-order valence-corrected chi connectivity index (χ4v) is 3.21. The van der Waals surface area contributed by atoms with Gasteiger partial charge in [-0.3, -0.25) is 14.6 Å². The van der Waals surface area contributed by atoms with Crippen molar-refractivity contribution in [2.24, 2.45) is 0 Å². The lowest BCUT2D eigenvalue weighted by atomic mass is 9.97. The lowest BCUT2D eigenvalue weighted by Gasteiger charge is -2.13. The van der Waals surface area contributed by atoms with Crippen LogP contribution in [0.3, 0.4) is 0 Å². The molecule has 0 aliphatic heterocycles. The topological polar surface area (TPSA) is 71.1 Å². The second-order valence-corrected chi connectivity index (χ2v) is 6.94. The zero-order chi connectivity index (χ0) is 19.1. The SMILES string of the molecule is O=C(Nc1cccc(Cl)c1)c1ccnc(C(=O)NCCC2=CCCCC2)c1. The van der Waals surface area contributed by atoms with Crippen molar-refractivity contribution in [3.8, 4) is 0 Å². The smallest absolute Gasteiger partial charge is 0.269 e. The molecule has 2 N–H and O–H groups in total. The van der Waals surface area contributed by atoms with Gasteiger partial charge in [0.2, 0.25) is 0 Å². The number of anilines is 1. The second-order valence-electron chi connectivity index (χ2n) is 6.51. The molecule has 0 fully saturated rings. The van der Waals surface area contributed by atoms with Gasteiger partial charge in [0, 0.05) is 29.0 Å². The molecular weight excluding hydrogens is 362 g/mol. The highest BCUT2D eigenvalue weighted by atomic mass is 35.5. The molecule has 0 unspecified atom stereocenters. The van der Waals surface area contributed by atoms with Crippen molar-refractivity contribution in [2.75, 3.05) is 11.9 Å². The van der Waals surface area contributed by atoms with Crippen LogP contribution in [-0.2, 0) is 0 Å². The van der Waals surface area contributed by atoms with Crippen molar-refractivity contribution in [3.63, 3.8) is 0 Å². The quantitative estimate of drug-likeness (QED) is 0.715. The van der Waals surface area contributed by atoms with Crippen LogP contribution in [0.4, 0.5) is 5.69 Å². The van der Waals surface area contributed by atoms with Gasteiger partial charge in [0.25, 0.3) is 11.8 Å². The van der Waals surface area contributed by atoms with Crippen LogP contribution in [0.15, 0.2) is 54.2 Å². The van der Waals surface area contributed by atoms with E-state index in [9.17, 15) is 9.59 Å². The fraction of sp³-hybridized carbons (Fsp3) is 0.286. The van der Waals surface area contributed by atoms with Gasteiger partial charge in [-0.15, -0.1) is 0 Å². The first-order valence-electron chi connectivity index (χ1n) is 9.11. The molecule has 1 aliphatic carbocycles. The Morgan fingerprint density at radius 2 is 2.00 bits per heavy atom. The normalized spacial score (nSPS) is 13.6. The number of carbonyl (C=O) groups is 2. The van der Waals surface area contributed by atoms with E-state index in [1.807, 2.05) is 0 Å². The number of pyridine rings is 1. The molecule has 3 rings (SSSR count). The van der Waals surface area contributed by atoms with E-state index >= 15 is 0 Å². The Bertz CT molecular complexity index is 864. The van der Waals surface area contributed by atoms with E-state index in [0.29, 0.717) is 22.8 Å². The highest BCUT2D eigenvalue weighted by Crippen LogP contribution is 2.19. The van der Waals surface area contributed by atoms with Gasteiger partial charge in [0.05, 0.1) is 0 Å². The second kappa shape index (κ2) is 9.33.